The fraction of sp³-hybridized carbons (Fsp3) is 0.417. The van der Waals surface area contributed by atoms with Gasteiger partial charge >= 0.3 is 5.97 Å². The summed E-state index contributed by atoms with van der Waals surface area (Å²) >= 11 is 0. The van der Waals surface area contributed by atoms with Crippen LogP contribution < -0.4 is 4.90 Å². The first kappa shape index (κ1) is 11.0. The molecule has 1 N–H and O–H groups in total. The molecule has 0 aliphatic carbocycles. The van der Waals surface area contributed by atoms with E-state index in [2.05, 4.69) is 0 Å². The summed E-state index contributed by atoms with van der Waals surface area (Å²) in [5.74, 6) is -0.888. The van der Waals surface area contributed by atoms with E-state index in [1.54, 1.807) is 12.1 Å². The second-order valence-corrected chi connectivity index (χ2v) is 3.95. The number of carbonyl (C=O) groups is 1. The van der Waals surface area contributed by atoms with E-state index in [0.717, 1.165) is 18.7 Å². The lowest BCUT2D eigenvalue weighted by Crippen LogP contribution is -2.32. The van der Waals surface area contributed by atoms with E-state index in [9.17, 15) is 4.79 Å². The third kappa shape index (κ3) is 2.02. The van der Waals surface area contributed by atoms with Crippen LogP contribution in [0.15, 0.2) is 24.3 Å². The zero-order chi connectivity index (χ0) is 11.5. The lowest BCUT2D eigenvalue weighted by Gasteiger charge is -2.26. The first-order valence-electron chi connectivity index (χ1n) is 5.33. The monoisotopic (exact) mass is 221 g/mol. The van der Waals surface area contributed by atoms with Crippen LogP contribution in [0, 0.1) is 0 Å². The Morgan fingerprint density at radius 1 is 1.50 bits per heavy atom. The molecule has 0 saturated carbocycles. The number of likely N-dealkylation sites (N-methyl/N-ethyl adjacent to an activating group) is 1. The van der Waals surface area contributed by atoms with Crippen LogP contribution in [0.1, 0.15) is 16.8 Å². The minimum absolute atomic E-state index is 0.278. The standard InChI is InChI=1S/C12H15NO3/c1-13(9-6-7-16-8-9)11-5-3-2-4-10(11)12(14)15/h2-5,9H,6-8H2,1H3,(H,14,15). The number of anilines is 1. The molecule has 4 nitrogen and oxygen atoms in total. The van der Waals surface area contributed by atoms with Gasteiger partial charge in [0.1, 0.15) is 0 Å². The number of carboxylic acid groups (broad SMARTS) is 1. The van der Waals surface area contributed by atoms with Crippen molar-refractivity contribution in [2.45, 2.75) is 12.5 Å². The molecule has 86 valence electrons. The van der Waals surface area contributed by atoms with Crippen molar-refractivity contribution in [3.63, 3.8) is 0 Å². The molecule has 0 aromatic heterocycles. The third-order valence-electron chi connectivity index (χ3n) is 2.97. The second-order valence-electron chi connectivity index (χ2n) is 3.95. The molecular weight excluding hydrogens is 206 g/mol. The molecule has 1 atom stereocenters. The number of benzene rings is 1. The van der Waals surface area contributed by atoms with Crippen LogP contribution in [0.2, 0.25) is 0 Å². The van der Waals surface area contributed by atoms with E-state index in [4.69, 9.17) is 9.84 Å². The van der Waals surface area contributed by atoms with E-state index in [0.29, 0.717) is 12.2 Å². The number of hydrogen-bond donors (Lipinski definition) is 1. The molecule has 1 saturated heterocycles. The van der Waals surface area contributed by atoms with Crippen molar-refractivity contribution in [2.75, 3.05) is 25.2 Å². The number of para-hydroxylation sites is 1. The van der Waals surface area contributed by atoms with Gasteiger partial charge in [-0.05, 0) is 18.6 Å². The fourth-order valence-electron chi connectivity index (χ4n) is 1.99. The van der Waals surface area contributed by atoms with Crippen molar-refractivity contribution in [1.82, 2.24) is 0 Å². The van der Waals surface area contributed by atoms with Crippen LogP contribution in [0.4, 0.5) is 5.69 Å². The predicted octanol–water partition coefficient (Wildman–Crippen LogP) is 1.61. The summed E-state index contributed by atoms with van der Waals surface area (Å²) in [4.78, 5) is 13.1. The molecule has 0 radical (unpaired) electrons. The highest BCUT2D eigenvalue weighted by Gasteiger charge is 2.23. The van der Waals surface area contributed by atoms with Crippen LogP contribution in [-0.2, 0) is 4.74 Å². The zero-order valence-corrected chi connectivity index (χ0v) is 9.22. The van der Waals surface area contributed by atoms with Gasteiger partial charge in [-0.2, -0.15) is 0 Å². The number of ether oxygens (including phenoxy) is 1. The van der Waals surface area contributed by atoms with Crippen molar-refractivity contribution in [2.24, 2.45) is 0 Å². The maximum absolute atomic E-state index is 11.1. The maximum Gasteiger partial charge on any atom is 0.337 e. The van der Waals surface area contributed by atoms with Gasteiger partial charge in [-0.15, -0.1) is 0 Å². The summed E-state index contributed by atoms with van der Waals surface area (Å²) in [5, 5.41) is 9.10. The number of aromatic carboxylic acids is 1. The van der Waals surface area contributed by atoms with Gasteiger partial charge in [0.15, 0.2) is 0 Å². The van der Waals surface area contributed by atoms with Gasteiger partial charge in [0.25, 0.3) is 0 Å². The van der Waals surface area contributed by atoms with Crippen LogP contribution >= 0.6 is 0 Å². The summed E-state index contributed by atoms with van der Waals surface area (Å²) in [6, 6.07) is 7.34. The average Bonchev–Trinajstić information content (AvgIpc) is 2.81. The molecule has 1 heterocycles. The molecule has 1 aliphatic heterocycles. The summed E-state index contributed by atoms with van der Waals surface area (Å²) in [6.45, 7) is 1.43. The van der Waals surface area contributed by atoms with Gasteiger partial charge < -0.3 is 14.7 Å². The van der Waals surface area contributed by atoms with Gasteiger partial charge in [0.05, 0.1) is 23.9 Å². The van der Waals surface area contributed by atoms with Crippen molar-refractivity contribution in [1.29, 1.82) is 0 Å². The molecule has 1 aliphatic rings. The van der Waals surface area contributed by atoms with E-state index >= 15 is 0 Å². The average molecular weight is 221 g/mol. The molecule has 1 fully saturated rings. The number of nitrogens with zero attached hydrogens (tertiary/aromatic N) is 1. The van der Waals surface area contributed by atoms with Crippen molar-refractivity contribution >= 4 is 11.7 Å². The lowest BCUT2D eigenvalue weighted by atomic mass is 10.1. The molecule has 1 unspecified atom stereocenters. The largest absolute Gasteiger partial charge is 0.478 e. The molecule has 0 amide bonds. The highest BCUT2D eigenvalue weighted by Crippen LogP contribution is 2.24. The van der Waals surface area contributed by atoms with Crippen LogP contribution in [0.25, 0.3) is 0 Å². The quantitative estimate of drug-likeness (QED) is 0.842. The normalized spacial score (nSPS) is 19.7. The molecular formula is C12H15NO3. The Hall–Kier alpha value is -1.55. The number of rotatable bonds is 3. The van der Waals surface area contributed by atoms with Crippen molar-refractivity contribution in [3.8, 4) is 0 Å². The Labute approximate surface area is 94.4 Å². The van der Waals surface area contributed by atoms with Gasteiger partial charge in [0, 0.05) is 13.7 Å². The maximum atomic E-state index is 11.1. The van der Waals surface area contributed by atoms with Gasteiger partial charge in [-0.1, -0.05) is 12.1 Å². The molecule has 2 rings (SSSR count). The second kappa shape index (κ2) is 4.53. The van der Waals surface area contributed by atoms with Crippen LogP contribution in [0.5, 0.6) is 0 Å². The van der Waals surface area contributed by atoms with Crippen molar-refractivity contribution in [3.05, 3.63) is 29.8 Å². The minimum Gasteiger partial charge on any atom is -0.478 e. The summed E-state index contributed by atoms with van der Waals surface area (Å²) in [7, 11) is 1.92. The van der Waals surface area contributed by atoms with Crippen LogP contribution in [0.3, 0.4) is 0 Å². The molecule has 0 spiro atoms. The Kier molecular flexibility index (Phi) is 3.10. The third-order valence-corrected chi connectivity index (χ3v) is 2.97. The molecule has 1 aromatic carbocycles. The predicted molar refractivity (Wildman–Crippen MR) is 61.0 cm³/mol. The lowest BCUT2D eigenvalue weighted by molar-refractivity contribution is 0.0697. The topological polar surface area (TPSA) is 49.8 Å². The van der Waals surface area contributed by atoms with E-state index in [1.807, 2.05) is 24.1 Å². The Morgan fingerprint density at radius 2 is 2.25 bits per heavy atom. The van der Waals surface area contributed by atoms with Gasteiger partial charge in [-0.3, -0.25) is 0 Å². The number of carboxylic acids is 1. The summed E-state index contributed by atoms with van der Waals surface area (Å²) in [6.07, 6.45) is 0.949. The SMILES string of the molecule is CN(c1ccccc1C(=O)O)C1CCOC1. The molecule has 1 aromatic rings. The van der Waals surface area contributed by atoms with Crippen molar-refractivity contribution < 1.29 is 14.6 Å². The highest BCUT2D eigenvalue weighted by atomic mass is 16.5. The Morgan fingerprint density at radius 3 is 2.88 bits per heavy atom. The molecule has 4 heteroatoms. The Bertz CT molecular complexity index is 386. The molecule has 16 heavy (non-hydrogen) atoms. The van der Waals surface area contributed by atoms with Gasteiger partial charge in [0.2, 0.25) is 0 Å². The smallest absolute Gasteiger partial charge is 0.337 e. The van der Waals surface area contributed by atoms with E-state index in [-0.39, 0.29) is 6.04 Å². The number of hydrogen-bond acceptors (Lipinski definition) is 3. The minimum atomic E-state index is -0.888. The molecule has 0 bridgehead atoms. The van der Waals surface area contributed by atoms with Gasteiger partial charge in [-0.25, -0.2) is 4.79 Å². The highest BCUT2D eigenvalue weighted by molar-refractivity contribution is 5.94. The van der Waals surface area contributed by atoms with Crippen LogP contribution in [-0.4, -0.2) is 37.4 Å². The van der Waals surface area contributed by atoms with E-state index < -0.39 is 5.97 Å². The summed E-state index contributed by atoms with van der Waals surface area (Å²) in [5.41, 5.74) is 1.10. The first-order valence-corrected chi connectivity index (χ1v) is 5.33. The summed E-state index contributed by atoms with van der Waals surface area (Å²) < 4.78 is 5.31. The zero-order valence-electron chi connectivity index (χ0n) is 9.22. The van der Waals surface area contributed by atoms with E-state index in [1.165, 1.54) is 0 Å². The fourth-order valence-corrected chi connectivity index (χ4v) is 1.99. The first-order chi connectivity index (χ1) is 7.70. The Balaban J connectivity index is 2.27.